The molecule has 0 aromatic heterocycles. The summed E-state index contributed by atoms with van der Waals surface area (Å²) >= 11 is 0. The predicted octanol–water partition coefficient (Wildman–Crippen LogP) is 0.255. The van der Waals surface area contributed by atoms with Crippen molar-refractivity contribution in [2.75, 3.05) is 26.2 Å². The first-order valence-corrected chi connectivity index (χ1v) is 7.92. The van der Waals surface area contributed by atoms with E-state index in [1.54, 1.807) is 0 Å². The summed E-state index contributed by atoms with van der Waals surface area (Å²) in [5.41, 5.74) is 0. The molecule has 106 valence electrons. The van der Waals surface area contributed by atoms with Gasteiger partial charge < -0.3 is 10.0 Å². The Morgan fingerprint density at radius 2 is 1.83 bits per heavy atom. The van der Waals surface area contributed by atoms with E-state index in [1.165, 1.54) is 19.8 Å². The van der Waals surface area contributed by atoms with Crippen molar-refractivity contribution in [3.63, 3.8) is 0 Å². The molecule has 1 saturated heterocycles. The van der Waals surface area contributed by atoms with E-state index in [1.807, 2.05) is 0 Å². The second-order valence-corrected chi connectivity index (χ2v) is 6.76. The van der Waals surface area contributed by atoms with Gasteiger partial charge in [-0.05, 0) is 32.9 Å². The fourth-order valence-corrected chi connectivity index (χ4v) is 2.85. The van der Waals surface area contributed by atoms with Crippen molar-refractivity contribution in [1.82, 2.24) is 9.62 Å². The zero-order valence-corrected chi connectivity index (χ0v) is 11.6. The molecule has 0 bridgehead atoms. The van der Waals surface area contributed by atoms with E-state index in [0.29, 0.717) is 6.54 Å². The molecule has 0 aromatic carbocycles. The SMILES string of the molecule is CC(C(=O)O)S(=O)(=O)NCCN1CCCCCC1. The Hall–Kier alpha value is -0.660. The van der Waals surface area contributed by atoms with Gasteiger partial charge in [-0.15, -0.1) is 0 Å². The Morgan fingerprint density at radius 3 is 2.33 bits per heavy atom. The molecular weight excluding hydrogens is 256 g/mol. The molecule has 18 heavy (non-hydrogen) atoms. The second-order valence-electron chi connectivity index (χ2n) is 4.68. The van der Waals surface area contributed by atoms with Crippen LogP contribution in [0, 0.1) is 0 Å². The maximum Gasteiger partial charge on any atom is 0.323 e. The van der Waals surface area contributed by atoms with E-state index >= 15 is 0 Å². The molecule has 0 amide bonds. The van der Waals surface area contributed by atoms with Gasteiger partial charge in [-0.3, -0.25) is 4.79 Å². The molecule has 1 atom stereocenters. The van der Waals surface area contributed by atoms with Gasteiger partial charge in [0.2, 0.25) is 10.0 Å². The van der Waals surface area contributed by atoms with Crippen LogP contribution in [0.4, 0.5) is 0 Å². The summed E-state index contributed by atoms with van der Waals surface area (Å²) in [6.45, 7) is 4.09. The monoisotopic (exact) mass is 278 g/mol. The molecule has 7 heteroatoms. The van der Waals surface area contributed by atoms with Crippen LogP contribution >= 0.6 is 0 Å². The molecular formula is C11H22N2O4S. The first-order valence-electron chi connectivity index (χ1n) is 6.37. The van der Waals surface area contributed by atoms with Crippen molar-refractivity contribution in [2.24, 2.45) is 0 Å². The zero-order valence-electron chi connectivity index (χ0n) is 10.8. The van der Waals surface area contributed by atoms with E-state index in [4.69, 9.17) is 5.11 Å². The lowest BCUT2D eigenvalue weighted by molar-refractivity contribution is -0.136. The minimum Gasteiger partial charge on any atom is -0.480 e. The van der Waals surface area contributed by atoms with E-state index < -0.39 is 21.2 Å². The highest BCUT2D eigenvalue weighted by Gasteiger charge is 2.27. The van der Waals surface area contributed by atoms with E-state index in [2.05, 4.69) is 9.62 Å². The molecule has 1 heterocycles. The largest absolute Gasteiger partial charge is 0.480 e. The molecule has 0 radical (unpaired) electrons. The van der Waals surface area contributed by atoms with E-state index in [-0.39, 0.29) is 6.54 Å². The van der Waals surface area contributed by atoms with Gasteiger partial charge in [0.05, 0.1) is 0 Å². The lowest BCUT2D eigenvalue weighted by Gasteiger charge is -2.20. The van der Waals surface area contributed by atoms with Crippen LogP contribution in [0.1, 0.15) is 32.6 Å². The van der Waals surface area contributed by atoms with Crippen LogP contribution < -0.4 is 4.72 Å². The summed E-state index contributed by atoms with van der Waals surface area (Å²) in [4.78, 5) is 12.8. The number of carboxylic acid groups (broad SMARTS) is 1. The van der Waals surface area contributed by atoms with Crippen molar-refractivity contribution in [3.05, 3.63) is 0 Å². The van der Waals surface area contributed by atoms with E-state index in [0.717, 1.165) is 25.9 Å². The summed E-state index contributed by atoms with van der Waals surface area (Å²) in [6, 6.07) is 0. The van der Waals surface area contributed by atoms with Crippen LogP contribution in [0.2, 0.25) is 0 Å². The molecule has 0 saturated carbocycles. The molecule has 6 nitrogen and oxygen atoms in total. The third kappa shape index (κ3) is 4.91. The van der Waals surface area contributed by atoms with Crippen LogP contribution in [0.25, 0.3) is 0 Å². The van der Waals surface area contributed by atoms with Crippen molar-refractivity contribution in [3.8, 4) is 0 Å². The van der Waals surface area contributed by atoms with Gasteiger partial charge >= 0.3 is 5.97 Å². The highest BCUT2D eigenvalue weighted by Crippen LogP contribution is 2.08. The fraction of sp³-hybridized carbons (Fsp3) is 0.909. The minimum atomic E-state index is -3.75. The summed E-state index contributed by atoms with van der Waals surface area (Å²) in [5.74, 6) is -1.32. The van der Waals surface area contributed by atoms with Crippen LogP contribution in [-0.4, -0.2) is 55.8 Å². The van der Waals surface area contributed by atoms with Crippen molar-refractivity contribution in [1.29, 1.82) is 0 Å². The number of carboxylic acids is 1. The Kier molecular flexibility index (Phi) is 6.04. The number of nitrogens with one attached hydrogen (secondary N) is 1. The average Bonchev–Trinajstić information content (AvgIpc) is 2.56. The number of hydrogen-bond acceptors (Lipinski definition) is 4. The molecule has 1 aliphatic heterocycles. The Morgan fingerprint density at radius 1 is 1.28 bits per heavy atom. The van der Waals surface area contributed by atoms with Crippen molar-refractivity contribution < 1.29 is 18.3 Å². The maximum atomic E-state index is 11.6. The summed E-state index contributed by atoms with van der Waals surface area (Å²) in [6.07, 6.45) is 4.77. The number of sulfonamides is 1. The Balaban J connectivity index is 2.34. The lowest BCUT2D eigenvalue weighted by Crippen LogP contribution is -2.41. The molecule has 0 aromatic rings. The Bertz CT molecular complexity index is 361. The number of nitrogens with zero attached hydrogens (tertiary/aromatic N) is 1. The van der Waals surface area contributed by atoms with Gasteiger partial charge in [-0.25, -0.2) is 13.1 Å². The van der Waals surface area contributed by atoms with Gasteiger partial charge in [0.1, 0.15) is 0 Å². The molecule has 0 spiro atoms. The first kappa shape index (κ1) is 15.4. The predicted molar refractivity (Wildman–Crippen MR) is 68.9 cm³/mol. The van der Waals surface area contributed by atoms with Crippen LogP contribution in [-0.2, 0) is 14.8 Å². The number of rotatable bonds is 6. The van der Waals surface area contributed by atoms with E-state index in [9.17, 15) is 13.2 Å². The van der Waals surface area contributed by atoms with Crippen molar-refractivity contribution in [2.45, 2.75) is 37.9 Å². The third-order valence-corrected chi connectivity index (χ3v) is 4.98. The minimum absolute atomic E-state index is 0.278. The van der Waals surface area contributed by atoms with Gasteiger partial charge in [-0.1, -0.05) is 12.8 Å². The van der Waals surface area contributed by atoms with Crippen molar-refractivity contribution >= 4 is 16.0 Å². The average molecular weight is 278 g/mol. The summed E-state index contributed by atoms with van der Waals surface area (Å²) in [5, 5.41) is 7.27. The molecule has 1 unspecified atom stereocenters. The molecule has 1 fully saturated rings. The van der Waals surface area contributed by atoms with Gasteiger partial charge in [0, 0.05) is 13.1 Å². The molecule has 1 rings (SSSR count). The van der Waals surface area contributed by atoms with Crippen LogP contribution in [0.3, 0.4) is 0 Å². The zero-order chi connectivity index (χ0) is 13.6. The first-order chi connectivity index (χ1) is 8.43. The fourth-order valence-electron chi connectivity index (χ4n) is 1.96. The summed E-state index contributed by atoms with van der Waals surface area (Å²) < 4.78 is 25.5. The number of hydrogen-bond donors (Lipinski definition) is 2. The topological polar surface area (TPSA) is 86.7 Å². The van der Waals surface area contributed by atoms with Crippen LogP contribution in [0.15, 0.2) is 0 Å². The molecule has 0 aliphatic carbocycles. The normalized spacial score (nSPS) is 20.3. The number of aliphatic carboxylic acids is 1. The highest BCUT2D eigenvalue weighted by atomic mass is 32.2. The van der Waals surface area contributed by atoms with Crippen LogP contribution in [0.5, 0.6) is 0 Å². The number of likely N-dealkylation sites (tertiary alicyclic amines) is 1. The quantitative estimate of drug-likeness (QED) is 0.727. The lowest BCUT2D eigenvalue weighted by atomic mass is 10.2. The second kappa shape index (κ2) is 7.06. The molecule has 1 aliphatic rings. The standard InChI is InChI=1S/C11H22N2O4S/c1-10(11(14)15)18(16,17)12-6-9-13-7-4-2-3-5-8-13/h10,12H,2-9H2,1H3,(H,14,15). The van der Waals surface area contributed by atoms with Gasteiger partial charge in [0.15, 0.2) is 5.25 Å². The van der Waals surface area contributed by atoms with Gasteiger partial charge in [-0.2, -0.15) is 0 Å². The smallest absolute Gasteiger partial charge is 0.323 e. The van der Waals surface area contributed by atoms with Gasteiger partial charge in [0.25, 0.3) is 0 Å². The third-order valence-electron chi connectivity index (χ3n) is 3.24. The summed E-state index contributed by atoms with van der Waals surface area (Å²) in [7, 11) is -3.75. The number of carbonyl (C=O) groups is 1. The highest BCUT2D eigenvalue weighted by molar-refractivity contribution is 7.90. The maximum absolute atomic E-state index is 11.6. The Labute approximate surface area is 108 Å². The molecule has 2 N–H and O–H groups in total.